The standard InChI is InChI=1S/C15H21N3O4/c1-11-6-12(8-13(7-11)18(20)21)14(19)16-9-15(10-22-2)4-3-5-17-15/h6-8,17H,3-5,9-10H2,1-2H3,(H,16,19). The SMILES string of the molecule is COCC1(CNC(=O)c2cc(C)cc([N+](=O)[O-])c2)CCCN1. The highest BCUT2D eigenvalue weighted by molar-refractivity contribution is 5.95. The van der Waals surface area contributed by atoms with Crippen LogP contribution in [0.4, 0.5) is 5.69 Å². The van der Waals surface area contributed by atoms with Crippen molar-refractivity contribution in [3.05, 3.63) is 39.4 Å². The quantitative estimate of drug-likeness (QED) is 0.612. The number of hydrogen-bond donors (Lipinski definition) is 2. The number of aryl methyl sites for hydroxylation is 1. The van der Waals surface area contributed by atoms with Crippen LogP contribution < -0.4 is 10.6 Å². The number of amides is 1. The number of nitro groups is 1. The number of ether oxygens (including phenoxy) is 1. The van der Waals surface area contributed by atoms with Gasteiger partial charge >= 0.3 is 0 Å². The fourth-order valence-corrected chi connectivity index (χ4v) is 2.82. The van der Waals surface area contributed by atoms with E-state index in [9.17, 15) is 14.9 Å². The number of carbonyl (C=O) groups is 1. The van der Waals surface area contributed by atoms with Crippen LogP contribution >= 0.6 is 0 Å². The number of non-ortho nitro benzene ring substituents is 1. The van der Waals surface area contributed by atoms with E-state index < -0.39 is 4.92 Å². The van der Waals surface area contributed by atoms with Crippen LogP contribution in [0.3, 0.4) is 0 Å². The summed E-state index contributed by atoms with van der Waals surface area (Å²) in [6.07, 6.45) is 1.96. The predicted molar refractivity (Wildman–Crippen MR) is 82.0 cm³/mol. The van der Waals surface area contributed by atoms with E-state index in [0.717, 1.165) is 19.4 Å². The fourth-order valence-electron chi connectivity index (χ4n) is 2.82. The van der Waals surface area contributed by atoms with Crippen LogP contribution in [0.2, 0.25) is 0 Å². The molecular formula is C15H21N3O4. The molecule has 7 nitrogen and oxygen atoms in total. The second-order valence-electron chi connectivity index (χ2n) is 5.74. The van der Waals surface area contributed by atoms with E-state index >= 15 is 0 Å². The van der Waals surface area contributed by atoms with Crippen molar-refractivity contribution in [2.24, 2.45) is 0 Å². The van der Waals surface area contributed by atoms with Gasteiger partial charge in [-0.3, -0.25) is 14.9 Å². The van der Waals surface area contributed by atoms with Gasteiger partial charge in [-0.25, -0.2) is 0 Å². The van der Waals surface area contributed by atoms with Gasteiger partial charge in [0.2, 0.25) is 0 Å². The third kappa shape index (κ3) is 3.80. The lowest BCUT2D eigenvalue weighted by atomic mass is 9.98. The molecule has 0 aromatic heterocycles. The van der Waals surface area contributed by atoms with Crippen molar-refractivity contribution in [2.45, 2.75) is 25.3 Å². The molecule has 1 fully saturated rings. The minimum absolute atomic E-state index is 0.0734. The van der Waals surface area contributed by atoms with Crippen molar-refractivity contribution in [1.82, 2.24) is 10.6 Å². The van der Waals surface area contributed by atoms with Crippen molar-refractivity contribution in [1.29, 1.82) is 0 Å². The molecule has 1 atom stereocenters. The first-order valence-electron chi connectivity index (χ1n) is 7.24. The molecule has 0 spiro atoms. The highest BCUT2D eigenvalue weighted by atomic mass is 16.6. The minimum atomic E-state index is -0.491. The molecule has 1 heterocycles. The van der Waals surface area contributed by atoms with Gasteiger partial charge in [-0.1, -0.05) is 0 Å². The van der Waals surface area contributed by atoms with E-state index in [-0.39, 0.29) is 17.1 Å². The molecule has 120 valence electrons. The number of nitrogens with one attached hydrogen (secondary N) is 2. The molecular weight excluding hydrogens is 286 g/mol. The van der Waals surface area contributed by atoms with Crippen LogP contribution in [-0.4, -0.2) is 43.2 Å². The molecule has 0 radical (unpaired) electrons. The van der Waals surface area contributed by atoms with Gasteiger partial charge in [0.05, 0.1) is 17.1 Å². The first-order chi connectivity index (χ1) is 10.5. The smallest absolute Gasteiger partial charge is 0.270 e. The van der Waals surface area contributed by atoms with E-state index in [1.165, 1.54) is 12.1 Å². The molecule has 0 aliphatic carbocycles. The Balaban J connectivity index is 2.07. The summed E-state index contributed by atoms with van der Waals surface area (Å²) in [6.45, 7) is 3.58. The largest absolute Gasteiger partial charge is 0.383 e. The van der Waals surface area contributed by atoms with E-state index in [4.69, 9.17) is 4.74 Å². The summed E-state index contributed by atoms with van der Waals surface area (Å²) in [5, 5.41) is 17.1. The van der Waals surface area contributed by atoms with Crippen LogP contribution in [0.15, 0.2) is 18.2 Å². The summed E-state index contributed by atoms with van der Waals surface area (Å²) in [7, 11) is 1.63. The lowest BCUT2D eigenvalue weighted by Crippen LogP contribution is -2.53. The normalized spacial score (nSPS) is 20.8. The molecule has 1 unspecified atom stereocenters. The van der Waals surface area contributed by atoms with E-state index in [0.29, 0.717) is 24.3 Å². The fraction of sp³-hybridized carbons (Fsp3) is 0.533. The van der Waals surface area contributed by atoms with Crippen LogP contribution in [0.1, 0.15) is 28.8 Å². The zero-order valence-electron chi connectivity index (χ0n) is 12.8. The van der Waals surface area contributed by atoms with Crippen molar-refractivity contribution in [2.75, 3.05) is 26.8 Å². The molecule has 1 aliphatic rings. The Labute approximate surface area is 129 Å². The second-order valence-corrected chi connectivity index (χ2v) is 5.74. The highest BCUT2D eigenvalue weighted by Crippen LogP contribution is 2.20. The van der Waals surface area contributed by atoms with Gasteiger partial charge in [0.15, 0.2) is 0 Å². The molecule has 22 heavy (non-hydrogen) atoms. The van der Waals surface area contributed by atoms with Crippen LogP contribution in [0.5, 0.6) is 0 Å². The van der Waals surface area contributed by atoms with Gasteiger partial charge < -0.3 is 15.4 Å². The zero-order chi connectivity index (χ0) is 16.2. The number of rotatable bonds is 6. The number of hydrogen-bond acceptors (Lipinski definition) is 5. The Kier molecular flexibility index (Phi) is 5.10. The van der Waals surface area contributed by atoms with Gasteiger partial charge in [0.1, 0.15) is 0 Å². The topological polar surface area (TPSA) is 93.5 Å². The maximum absolute atomic E-state index is 12.3. The third-order valence-corrected chi connectivity index (χ3v) is 3.88. The Morgan fingerprint density at radius 2 is 2.27 bits per heavy atom. The number of nitrogens with zero attached hydrogens (tertiary/aromatic N) is 1. The van der Waals surface area contributed by atoms with Crippen LogP contribution in [-0.2, 0) is 4.74 Å². The molecule has 1 saturated heterocycles. The van der Waals surface area contributed by atoms with Gasteiger partial charge in [0, 0.05) is 31.4 Å². The number of benzene rings is 1. The second kappa shape index (κ2) is 6.85. The molecule has 1 aliphatic heterocycles. The molecule has 1 aromatic carbocycles. The van der Waals surface area contributed by atoms with Crippen LogP contribution in [0, 0.1) is 17.0 Å². The molecule has 1 amide bonds. The Bertz CT molecular complexity index is 568. The summed E-state index contributed by atoms with van der Waals surface area (Å²) >= 11 is 0. The Morgan fingerprint density at radius 3 is 2.86 bits per heavy atom. The van der Waals surface area contributed by atoms with Gasteiger partial charge in [0.25, 0.3) is 11.6 Å². The summed E-state index contributed by atoms with van der Waals surface area (Å²) < 4.78 is 5.23. The molecule has 7 heteroatoms. The molecule has 0 saturated carbocycles. The summed E-state index contributed by atoms with van der Waals surface area (Å²) in [5.41, 5.74) is 0.665. The summed E-state index contributed by atoms with van der Waals surface area (Å²) in [5.74, 6) is -0.309. The average molecular weight is 307 g/mol. The first-order valence-corrected chi connectivity index (χ1v) is 7.24. The van der Waals surface area contributed by atoms with Crippen molar-refractivity contribution in [3.8, 4) is 0 Å². The lowest BCUT2D eigenvalue weighted by Gasteiger charge is -2.29. The van der Waals surface area contributed by atoms with E-state index in [2.05, 4.69) is 10.6 Å². The maximum Gasteiger partial charge on any atom is 0.270 e. The van der Waals surface area contributed by atoms with E-state index in [1.807, 2.05) is 0 Å². The van der Waals surface area contributed by atoms with Crippen LogP contribution in [0.25, 0.3) is 0 Å². The molecule has 2 rings (SSSR count). The molecule has 2 N–H and O–H groups in total. The first kappa shape index (κ1) is 16.4. The molecule has 0 bridgehead atoms. The van der Waals surface area contributed by atoms with Gasteiger partial charge in [-0.15, -0.1) is 0 Å². The Morgan fingerprint density at radius 1 is 1.50 bits per heavy atom. The summed E-state index contributed by atoms with van der Waals surface area (Å²) in [4.78, 5) is 22.7. The minimum Gasteiger partial charge on any atom is -0.383 e. The molecule has 1 aromatic rings. The van der Waals surface area contributed by atoms with Crippen molar-refractivity contribution in [3.63, 3.8) is 0 Å². The number of carbonyl (C=O) groups excluding carboxylic acids is 1. The van der Waals surface area contributed by atoms with Crippen molar-refractivity contribution >= 4 is 11.6 Å². The number of methoxy groups -OCH3 is 1. The lowest BCUT2D eigenvalue weighted by molar-refractivity contribution is -0.384. The maximum atomic E-state index is 12.3. The number of nitro benzene ring substituents is 1. The average Bonchev–Trinajstić information content (AvgIpc) is 2.93. The van der Waals surface area contributed by atoms with Gasteiger partial charge in [-0.05, 0) is 37.9 Å². The van der Waals surface area contributed by atoms with Gasteiger partial charge in [-0.2, -0.15) is 0 Å². The zero-order valence-corrected chi connectivity index (χ0v) is 12.8. The Hall–Kier alpha value is -1.99. The monoisotopic (exact) mass is 307 g/mol. The summed E-state index contributed by atoms with van der Waals surface area (Å²) in [6, 6.07) is 4.39. The third-order valence-electron chi connectivity index (χ3n) is 3.88. The predicted octanol–water partition coefficient (Wildman–Crippen LogP) is 1.40. The van der Waals surface area contributed by atoms with E-state index in [1.54, 1.807) is 20.1 Å². The van der Waals surface area contributed by atoms with Crippen molar-refractivity contribution < 1.29 is 14.5 Å². The highest BCUT2D eigenvalue weighted by Gasteiger charge is 2.33.